The number of anilines is 1. The van der Waals surface area contributed by atoms with Gasteiger partial charge in [0.05, 0.1) is 38.5 Å². The molecule has 2 rings (SSSR count). The number of hydrogen-bond acceptors (Lipinski definition) is 11. The summed E-state index contributed by atoms with van der Waals surface area (Å²) in [5, 5.41) is 8.91. The van der Waals surface area contributed by atoms with Crippen LogP contribution in [0.25, 0.3) is 0 Å². The standard InChI is InChI=1S/C21H22F9N3O9/c22-19(23,24)5-1-12(34)39-9-10-15(41-13(35)2-6-20(25,26)27)16(42-14(36)3-7-21(28,29)30)17(40-10)33-8-4-11(32-38)31-18(33)37/h4,8,10,15-17,38H,1-3,5-7,9H2,(H,31,32,37)/t10-,15-,16-,17-/m1/s1. The molecule has 1 fully saturated rings. The summed E-state index contributed by atoms with van der Waals surface area (Å²) in [5.74, 6) is -5.04. The van der Waals surface area contributed by atoms with E-state index >= 15 is 0 Å². The molecule has 1 aliphatic rings. The normalized spacial score (nSPS) is 21.1. The van der Waals surface area contributed by atoms with Gasteiger partial charge in [0.15, 0.2) is 24.3 Å². The van der Waals surface area contributed by atoms with Crippen LogP contribution >= 0.6 is 0 Å². The minimum Gasteiger partial charge on any atom is -0.463 e. The average molecular weight is 631 g/mol. The molecule has 1 saturated heterocycles. The van der Waals surface area contributed by atoms with Crippen LogP contribution in [0.4, 0.5) is 45.3 Å². The number of carbonyl (C=O) groups excluding carboxylic acids is 3. The van der Waals surface area contributed by atoms with E-state index in [2.05, 4.69) is 9.72 Å². The predicted molar refractivity (Wildman–Crippen MR) is 114 cm³/mol. The fourth-order valence-corrected chi connectivity index (χ4v) is 3.40. The molecular formula is C21H22F9N3O9. The molecule has 1 aliphatic heterocycles. The van der Waals surface area contributed by atoms with Crippen LogP contribution in [0.1, 0.15) is 44.8 Å². The SMILES string of the molecule is O=C(CCC(F)(F)F)OC[C@H]1O[C@@H](n2ccc(NO)nc2=O)[C@H](OC(=O)CCC(F)(F)F)[C@@H]1OC(=O)CCC(F)(F)F. The van der Waals surface area contributed by atoms with Gasteiger partial charge in [0.2, 0.25) is 0 Å². The topological polar surface area (TPSA) is 155 Å². The van der Waals surface area contributed by atoms with E-state index in [1.165, 1.54) is 5.48 Å². The Morgan fingerprint density at radius 2 is 1.33 bits per heavy atom. The Balaban J connectivity index is 2.40. The molecule has 0 aliphatic carbocycles. The lowest BCUT2D eigenvalue weighted by Crippen LogP contribution is -2.42. The molecule has 1 aromatic rings. The van der Waals surface area contributed by atoms with E-state index in [1.807, 2.05) is 0 Å². The van der Waals surface area contributed by atoms with Crippen molar-refractivity contribution >= 4 is 23.7 Å². The van der Waals surface area contributed by atoms with E-state index in [0.717, 1.165) is 12.3 Å². The number of aromatic nitrogens is 2. The third-order valence-electron chi connectivity index (χ3n) is 5.29. The highest BCUT2D eigenvalue weighted by Crippen LogP contribution is 2.35. The zero-order valence-corrected chi connectivity index (χ0v) is 20.9. The highest BCUT2D eigenvalue weighted by atomic mass is 19.4. The minimum atomic E-state index is -4.83. The second-order valence-electron chi connectivity index (χ2n) is 8.62. The molecule has 1 aromatic heterocycles. The number of hydrogen-bond donors (Lipinski definition) is 2. The molecule has 0 radical (unpaired) electrons. The van der Waals surface area contributed by atoms with Gasteiger partial charge in [-0.1, -0.05) is 0 Å². The van der Waals surface area contributed by atoms with Gasteiger partial charge in [0.1, 0.15) is 12.7 Å². The number of halogens is 9. The maximum Gasteiger partial charge on any atom is 0.389 e. The Labute approximate surface area is 228 Å². The summed E-state index contributed by atoms with van der Waals surface area (Å²) >= 11 is 0. The number of nitrogens with one attached hydrogen (secondary N) is 1. The molecule has 0 unspecified atom stereocenters. The molecule has 2 heterocycles. The molecule has 0 saturated carbocycles. The smallest absolute Gasteiger partial charge is 0.389 e. The van der Waals surface area contributed by atoms with Gasteiger partial charge in [-0.3, -0.25) is 29.6 Å². The molecule has 42 heavy (non-hydrogen) atoms. The quantitative estimate of drug-likeness (QED) is 0.151. The Morgan fingerprint density at radius 1 is 0.857 bits per heavy atom. The zero-order valence-electron chi connectivity index (χ0n) is 20.9. The van der Waals surface area contributed by atoms with E-state index in [9.17, 15) is 58.7 Å². The molecule has 0 spiro atoms. The van der Waals surface area contributed by atoms with Crippen molar-refractivity contribution in [3.8, 4) is 0 Å². The van der Waals surface area contributed by atoms with Gasteiger partial charge in [-0.15, -0.1) is 0 Å². The summed E-state index contributed by atoms with van der Waals surface area (Å²) in [4.78, 5) is 52.1. The summed E-state index contributed by atoms with van der Waals surface area (Å²) < 4.78 is 133. The van der Waals surface area contributed by atoms with Gasteiger partial charge in [-0.05, 0) is 6.07 Å². The molecule has 238 valence electrons. The summed E-state index contributed by atoms with van der Waals surface area (Å²) in [5.41, 5.74) is 0.265. The Morgan fingerprint density at radius 3 is 1.79 bits per heavy atom. The first-order chi connectivity index (χ1) is 19.3. The minimum absolute atomic E-state index is 0.418. The lowest BCUT2D eigenvalue weighted by Gasteiger charge is -2.25. The Hall–Kier alpha value is -3.62. The van der Waals surface area contributed by atoms with Crippen molar-refractivity contribution in [3.63, 3.8) is 0 Å². The number of esters is 3. The third kappa shape index (κ3) is 11.7. The van der Waals surface area contributed by atoms with Crippen LogP contribution in [0.2, 0.25) is 0 Å². The fourth-order valence-electron chi connectivity index (χ4n) is 3.40. The van der Waals surface area contributed by atoms with Gasteiger partial charge in [0.25, 0.3) is 0 Å². The molecule has 2 N–H and O–H groups in total. The van der Waals surface area contributed by atoms with Crippen LogP contribution in [0.15, 0.2) is 17.1 Å². The molecule has 12 nitrogen and oxygen atoms in total. The van der Waals surface area contributed by atoms with Gasteiger partial charge in [0, 0.05) is 6.20 Å². The molecule has 0 bridgehead atoms. The van der Waals surface area contributed by atoms with E-state index in [-0.39, 0.29) is 0 Å². The van der Waals surface area contributed by atoms with Crippen molar-refractivity contribution in [2.45, 2.75) is 81.6 Å². The summed E-state index contributed by atoms with van der Waals surface area (Å²) in [6, 6.07) is 0.947. The van der Waals surface area contributed by atoms with Crippen LogP contribution in [-0.4, -0.2) is 76.1 Å². The van der Waals surface area contributed by atoms with Crippen molar-refractivity contribution < 1.29 is 78.1 Å². The monoisotopic (exact) mass is 631 g/mol. The first kappa shape index (κ1) is 34.6. The second-order valence-corrected chi connectivity index (χ2v) is 8.62. The number of alkyl halides is 9. The fraction of sp³-hybridized carbons (Fsp3) is 0.667. The van der Waals surface area contributed by atoms with Crippen molar-refractivity contribution in [1.29, 1.82) is 0 Å². The van der Waals surface area contributed by atoms with Crippen LogP contribution in [-0.2, 0) is 33.3 Å². The zero-order chi connectivity index (χ0) is 31.9. The lowest BCUT2D eigenvalue weighted by atomic mass is 10.1. The maximum atomic E-state index is 12.6. The van der Waals surface area contributed by atoms with Gasteiger partial charge < -0.3 is 18.9 Å². The van der Waals surface area contributed by atoms with E-state index in [1.54, 1.807) is 0 Å². The first-order valence-corrected chi connectivity index (χ1v) is 11.7. The van der Waals surface area contributed by atoms with Crippen molar-refractivity contribution in [2.75, 3.05) is 12.1 Å². The van der Waals surface area contributed by atoms with Crippen LogP contribution in [0.3, 0.4) is 0 Å². The third-order valence-corrected chi connectivity index (χ3v) is 5.29. The molecule has 4 atom stereocenters. The van der Waals surface area contributed by atoms with Crippen molar-refractivity contribution in [1.82, 2.24) is 9.55 Å². The first-order valence-electron chi connectivity index (χ1n) is 11.7. The largest absolute Gasteiger partial charge is 0.463 e. The number of rotatable bonds is 12. The lowest BCUT2D eigenvalue weighted by molar-refractivity contribution is -0.177. The molecule has 21 heteroatoms. The van der Waals surface area contributed by atoms with Gasteiger partial charge in [-0.25, -0.2) is 4.79 Å². The predicted octanol–water partition coefficient (Wildman–Crippen LogP) is 3.34. The van der Waals surface area contributed by atoms with Crippen molar-refractivity contribution in [3.05, 3.63) is 22.7 Å². The molecule has 0 amide bonds. The van der Waals surface area contributed by atoms with E-state index in [4.69, 9.17) is 19.4 Å². The second kappa shape index (κ2) is 14.0. The van der Waals surface area contributed by atoms with E-state index in [0.29, 0.717) is 4.57 Å². The van der Waals surface area contributed by atoms with E-state index < -0.39 is 118 Å². The highest BCUT2D eigenvalue weighted by Gasteiger charge is 2.52. The van der Waals surface area contributed by atoms with Gasteiger partial charge in [-0.2, -0.15) is 44.5 Å². The summed E-state index contributed by atoms with van der Waals surface area (Å²) in [6.45, 7) is -1.06. The highest BCUT2D eigenvalue weighted by molar-refractivity contribution is 5.71. The number of nitrogens with zero attached hydrogens (tertiary/aromatic N) is 2. The Bertz CT molecular complexity index is 1150. The average Bonchev–Trinajstić information content (AvgIpc) is 3.18. The van der Waals surface area contributed by atoms with Crippen LogP contribution in [0, 0.1) is 0 Å². The molecule has 0 aromatic carbocycles. The van der Waals surface area contributed by atoms with Crippen LogP contribution in [0.5, 0.6) is 0 Å². The molecular weight excluding hydrogens is 609 g/mol. The van der Waals surface area contributed by atoms with Crippen molar-refractivity contribution in [2.24, 2.45) is 0 Å². The number of carbonyl (C=O) groups is 3. The van der Waals surface area contributed by atoms with Crippen LogP contribution < -0.4 is 11.2 Å². The Kier molecular flexibility index (Phi) is 11.6. The summed E-state index contributed by atoms with van der Waals surface area (Å²) in [7, 11) is 0. The maximum absolute atomic E-state index is 12.6. The van der Waals surface area contributed by atoms with Gasteiger partial charge >= 0.3 is 42.1 Å². The number of ether oxygens (including phenoxy) is 4. The summed E-state index contributed by atoms with van der Waals surface area (Å²) in [6.07, 6.45) is -30.1.